The summed E-state index contributed by atoms with van der Waals surface area (Å²) in [6.45, 7) is 0.346. The lowest BCUT2D eigenvalue weighted by atomic mass is 10.1. The Morgan fingerprint density at radius 2 is 1.73 bits per heavy atom. The summed E-state index contributed by atoms with van der Waals surface area (Å²) in [5.74, 6) is 0.412. The zero-order valence-electron chi connectivity index (χ0n) is 12.7. The van der Waals surface area contributed by atoms with Crippen LogP contribution in [-0.4, -0.2) is 25.7 Å². The van der Waals surface area contributed by atoms with Gasteiger partial charge in [0.05, 0.1) is 13.7 Å². The van der Waals surface area contributed by atoms with Gasteiger partial charge in [-0.15, -0.1) is 0 Å². The van der Waals surface area contributed by atoms with Crippen molar-refractivity contribution in [1.29, 1.82) is 0 Å². The first-order valence-electron chi connectivity index (χ1n) is 7.28. The van der Waals surface area contributed by atoms with Crippen LogP contribution in [0.1, 0.15) is 11.1 Å². The molecule has 22 heavy (non-hydrogen) atoms. The first-order valence-corrected chi connectivity index (χ1v) is 7.28. The number of benzene rings is 2. The quantitative estimate of drug-likeness (QED) is 0.797. The summed E-state index contributed by atoms with van der Waals surface area (Å²) in [7, 11) is 1.62. The second-order valence-corrected chi connectivity index (χ2v) is 5.06. The van der Waals surface area contributed by atoms with Crippen molar-refractivity contribution < 1.29 is 14.3 Å². The van der Waals surface area contributed by atoms with Crippen molar-refractivity contribution in [2.24, 2.45) is 5.73 Å². The highest BCUT2D eigenvalue weighted by molar-refractivity contribution is 5.75. The first kappa shape index (κ1) is 16.0. The van der Waals surface area contributed by atoms with Gasteiger partial charge in [-0.25, -0.2) is 0 Å². The molecular weight excluding hydrogens is 278 g/mol. The van der Waals surface area contributed by atoms with Gasteiger partial charge in [-0.3, -0.25) is 4.79 Å². The Hall–Kier alpha value is -2.33. The van der Waals surface area contributed by atoms with Gasteiger partial charge in [0.15, 0.2) is 0 Å². The Balaban J connectivity index is 1.76. The van der Waals surface area contributed by atoms with Gasteiger partial charge in [-0.05, 0) is 29.7 Å². The molecule has 4 nitrogen and oxygen atoms in total. The second-order valence-electron chi connectivity index (χ2n) is 5.06. The topological polar surface area (TPSA) is 61.5 Å². The minimum atomic E-state index is -0.649. The number of rotatable bonds is 7. The van der Waals surface area contributed by atoms with E-state index in [-0.39, 0.29) is 5.97 Å². The van der Waals surface area contributed by atoms with E-state index >= 15 is 0 Å². The van der Waals surface area contributed by atoms with E-state index in [1.807, 2.05) is 54.6 Å². The molecule has 2 aromatic rings. The van der Waals surface area contributed by atoms with Gasteiger partial charge in [-0.2, -0.15) is 0 Å². The molecule has 2 N–H and O–H groups in total. The van der Waals surface area contributed by atoms with E-state index in [0.717, 1.165) is 16.9 Å². The molecule has 2 aromatic carbocycles. The largest absolute Gasteiger partial charge is 0.497 e. The molecule has 4 heteroatoms. The second kappa shape index (κ2) is 8.20. The van der Waals surface area contributed by atoms with Crippen molar-refractivity contribution in [2.45, 2.75) is 18.9 Å². The summed E-state index contributed by atoms with van der Waals surface area (Å²) in [6, 6.07) is 16.7. The Morgan fingerprint density at radius 1 is 1.05 bits per heavy atom. The van der Waals surface area contributed by atoms with Crippen molar-refractivity contribution in [1.82, 2.24) is 0 Å². The average Bonchev–Trinajstić information content (AvgIpc) is 2.56. The van der Waals surface area contributed by atoms with Crippen molar-refractivity contribution in [2.75, 3.05) is 13.7 Å². The van der Waals surface area contributed by atoms with Crippen LogP contribution in [-0.2, 0) is 22.4 Å². The first-order chi connectivity index (χ1) is 10.7. The zero-order valence-corrected chi connectivity index (χ0v) is 12.7. The van der Waals surface area contributed by atoms with Gasteiger partial charge in [0.25, 0.3) is 0 Å². The predicted molar refractivity (Wildman–Crippen MR) is 85.8 cm³/mol. The lowest BCUT2D eigenvalue weighted by molar-refractivity contribution is -0.145. The number of hydrogen-bond donors (Lipinski definition) is 1. The summed E-state index contributed by atoms with van der Waals surface area (Å²) in [5, 5.41) is 0. The number of nitrogens with two attached hydrogens (primary N) is 1. The molecule has 0 aliphatic rings. The minimum Gasteiger partial charge on any atom is -0.497 e. The molecule has 116 valence electrons. The molecule has 0 spiro atoms. The number of methoxy groups -OCH3 is 1. The van der Waals surface area contributed by atoms with Crippen LogP contribution in [0.5, 0.6) is 5.75 Å². The summed E-state index contributed by atoms with van der Waals surface area (Å²) in [5.41, 5.74) is 8.01. The van der Waals surface area contributed by atoms with Crippen LogP contribution < -0.4 is 10.5 Å². The van der Waals surface area contributed by atoms with Crippen LogP contribution in [0.15, 0.2) is 54.6 Å². The van der Waals surface area contributed by atoms with Crippen molar-refractivity contribution >= 4 is 5.97 Å². The van der Waals surface area contributed by atoms with Gasteiger partial charge in [-0.1, -0.05) is 42.5 Å². The monoisotopic (exact) mass is 299 g/mol. The molecule has 0 aliphatic carbocycles. The molecule has 0 amide bonds. The van der Waals surface area contributed by atoms with Crippen LogP contribution in [0.2, 0.25) is 0 Å². The van der Waals surface area contributed by atoms with E-state index in [4.69, 9.17) is 15.2 Å². The molecule has 0 saturated heterocycles. The predicted octanol–water partition coefficient (Wildman–Crippen LogP) is 2.35. The van der Waals surface area contributed by atoms with Crippen LogP contribution in [0.4, 0.5) is 0 Å². The third-order valence-electron chi connectivity index (χ3n) is 3.40. The fourth-order valence-electron chi connectivity index (χ4n) is 2.12. The van der Waals surface area contributed by atoms with E-state index in [1.165, 1.54) is 0 Å². The molecule has 0 heterocycles. The average molecular weight is 299 g/mol. The maximum Gasteiger partial charge on any atom is 0.323 e. The highest BCUT2D eigenvalue weighted by Gasteiger charge is 2.15. The van der Waals surface area contributed by atoms with Crippen LogP contribution >= 0.6 is 0 Å². The van der Waals surface area contributed by atoms with Crippen molar-refractivity contribution in [3.63, 3.8) is 0 Å². The summed E-state index contributed by atoms with van der Waals surface area (Å²) in [6.07, 6.45) is 1.15. The Kier molecular flexibility index (Phi) is 5.98. The maximum absolute atomic E-state index is 11.9. The Bertz CT molecular complexity index is 581. The van der Waals surface area contributed by atoms with E-state index in [0.29, 0.717) is 19.4 Å². The molecule has 0 aromatic heterocycles. The van der Waals surface area contributed by atoms with Crippen molar-refractivity contribution in [3.8, 4) is 5.75 Å². The highest BCUT2D eigenvalue weighted by Crippen LogP contribution is 2.12. The number of carbonyl (C=O) groups is 1. The van der Waals surface area contributed by atoms with Crippen LogP contribution in [0.25, 0.3) is 0 Å². The van der Waals surface area contributed by atoms with E-state index in [1.54, 1.807) is 7.11 Å². The smallest absolute Gasteiger partial charge is 0.323 e. The van der Waals surface area contributed by atoms with Crippen LogP contribution in [0, 0.1) is 0 Å². The fourth-order valence-corrected chi connectivity index (χ4v) is 2.12. The Morgan fingerprint density at radius 3 is 2.36 bits per heavy atom. The summed E-state index contributed by atoms with van der Waals surface area (Å²) >= 11 is 0. The Labute approximate surface area is 130 Å². The van der Waals surface area contributed by atoms with E-state index < -0.39 is 6.04 Å². The van der Waals surface area contributed by atoms with E-state index in [9.17, 15) is 4.79 Å². The number of hydrogen-bond acceptors (Lipinski definition) is 4. The van der Waals surface area contributed by atoms with E-state index in [2.05, 4.69) is 0 Å². The molecule has 1 atom stereocenters. The summed E-state index contributed by atoms with van der Waals surface area (Å²) < 4.78 is 10.3. The lowest BCUT2D eigenvalue weighted by Gasteiger charge is -2.12. The maximum atomic E-state index is 11.9. The van der Waals surface area contributed by atoms with Gasteiger partial charge in [0.1, 0.15) is 11.8 Å². The zero-order chi connectivity index (χ0) is 15.8. The summed E-state index contributed by atoms with van der Waals surface area (Å²) in [4.78, 5) is 11.9. The number of ether oxygens (including phenoxy) is 2. The third-order valence-corrected chi connectivity index (χ3v) is 3.40. The molecule has 0 saturated carbocycles. The number of carbonyl (C=O) groups excluding carboxylic acids is 1. The van der Waals surface area contributed by atoms with Crippen molar-refractivity contribution in [3.05, 3.63) is 65.7 Å². The third kappa shape index (κ3) is 4.90. The lowest BCUT2D eigenvalue weighted by Crippen LogP contribution is -2.34. The molecule has 2 rings (SSSR count). The molecule has 0 radical (unpaired) electrons. The SMILES string of the molecule is COc1ccc(CC(N)C(=O)OCCc2ccccc2)cc1. The highest BCUT2D eigenvalue weighted by atomic mass is 16.5. The van der Waals surface area contributed by atoms with Crippen LogP contribution in [0.3, 0.4) is 0 Å². The molecule has 0 aliphatic heterocycles. The fraction of sp³-hybridized carbons (Fsp3) is 0.278. The molecule has 0 bridgehead atoms. The minimum absolute atomic E-state index is 0.346. The molecular formula is C18H21NO3. The van der Waals surface area contributed by atoms with Gasteiger partial charge >= 0.3 is 5.97 Å². The molecule has 1 unspecified atom stereocenters. The van der Waals surface area contributed by atoms with Gasteiger partial charge < -0.3 is 15.2 Å². The number of esters is 1. The van der Waals surface area contributed by atoms with Gasteiger partial charge in [0, 0.05) is 6.42 Å². The molecule has 0 fully saturated rings. The van der Waals surface area contributed by atoms with Gasteiger partial charge in [0.2, 0.25) is 0 Å². The standard InChI is InChI=1S/C18H21NO3/c1-21-16-9-7-15(8-10-16)13-17(19)18(20)22-12-11-14-5-3-2-4-6-14/h2-10,17H,11-13,19H2,1H3. The normalized spacial score (nSPS) is 11.7.